The van der Waals surface area contributed by atoms with Crippen LogP contribution in [0.1, 0.15) is 16.9 Å². The quantitative estimate of drug-likeness (QED) is 0.608. The third-order valence-electron chi connectivity index (χ3n) is 3.03. The van der Waals surface area contributed by atoms with Crippen LogP contribution in [-0.2, 0) is 0 Å². The van der Waals surface area contributed by atoms with E-state index in [-0.39, 0.29) is 0 Å². The lowest BCUT2D eigenvalue weighted by Gasteiger charge is -1.94. The van der Waals surface area contributed by atoms with E-state index in [1.165, 1.54) is 5.56 Å². The summed E-state index contributed by atoms with van der Waals surface area (Å²) >= 11 is 5.83. The third-order valence-corrected chi connectivity index (χ3v) is 3.28. The first-order chi connectivity index (χ1) is 10.2. The predicted molar refractivity (Wildman–Crippen MR) is 84.1 cm³/mol. The largest absolute Gasteiger partial charge is 0.347 e. The van der Waals surface area contributed by atoms with Crippen molar-refractivity contribution < 1.29 is 4.52 Å². The summed E-state index contributed by atoms with van der Waals surface area (Å²) in [7, 11) is 0. The smallest absolute Gasteiger partial charge is 0.210 e. The van der Waals surface area contributed by atoms with Crippen LogP contribution in [0.25, 0.3) is 11.3 Å². The van der Waals surface area contributed by atoms with Crippen molar-refractivity contribution in [3.8, 4) is 23.1 Å². The lowest BCUT2D eigenvalue weighted by Crippen LogP contribution is -1.77. The number of aromatic nitrogens is 1. The fourth-order valence-electron chi connectivity index (χ4n) is 1.86. The average Bonchev–Trinajstić information content (AvgIpc) is 2.96. The lowest BCUT2D eigenvalue weighted by molar-refractivity contribution is 0.413. The summed E-state index contributed by atoms with van der Waals surface area (Å²) in [6, 6.07) is 17.3. The van der Waals surface area contributed by atoms with E-state index >= 15 is 0 Å². The fourth-order valence-corrected chi connectivity index (χ4v) is 1.99. The van der Waals surface area contributed by atoms with Crippen LogP contribution in [0.4, 0.5) is 0 Å². The summed E-state index contributed by atoms with van der Waals surface area (Å²) in [6.45, 7) is 2.05. The van der Waals surface area contributed by atoms with Crippen molar-refractivity contribution in [2.75, 3.05) is 0 Å². The zero-order valence-electron chi connectivity index (χ0n) is 11.4. The van der Waals surface area contributed by atoms with Gasteiger partial charge >= 0.3 is 0 Å². The molecule has 0 amide bonds. The molecule has 0 atom stereocenters. The van der Waals surface area contributed by atoms with Crippen LogP contribution in [0.3, 0.4) is 0 Å². The topological polar surface area (TPSA) is 26.0 Å². The molecule has 21 heavy (non-hydrogen) atoms. The monoisotopic (exact) mass is 293 g/mol. The van der Waals surface area contributed by atoms with Gasteiger partial charge in [-0.05, 0) is 37.1 Å². The van der Waals surface area contributed by atoms with Gasteiger partial charge < -0.3 is 4.52 Å². The van der Waals surface area contributed by atoms with Gasteiger partial charge in [0.15, 0.2) is 0 Å². The molecule has 2 nitrogen and oxygen atoms in total. The minimum Gasteiger partial charge on any atom is -0.347 e. The molecule has 1 heterocycles. The van der Waals surface area contributed by atoms with Crippen molar-refractivity contribution in [1.29, 1.82) is 0 Å². The summed E-state index contributed by atoms with van der Waals surface area (Å²) in [5, 5.41) is 4.74. The van der Waals surface area contributed by atoms with E-state index in [0.29, 0.717) is 10.8 Å². The molecule has 0 aliphatic heterocycles. The van der Waals surface area contributed by atoms with Gasteiger partial charge in [-0.25, -0.2) is 0 Å². The number of nitrogens with zero attached hydrogens (tertiary/aromatic N) is 1. The highest BCUT2D eigenvalue weighted by Gasteiger charge is 2.04. The van der Waals surface area contributed by atoms with Gasteiger partial charge in [-0.15, -0.1) is 0 Å². The zero-order valence-corrected chi connectivity index (χ0v) is 12.2. The first-order valence-electron chi connectivity index (χ1n) is 6.52. The molecule has 0 bridgehead atoms. The molecular weight excluding hydrogens is 282 g/mol. The van der Waals surface area contributed by atoms with E-state index in [2.05, 4.69) is 23.9 Å². The molecule has 0 fully saturated rings. The average molecular weight is 294 g/mol. The van der Waals surface area contributed by atoms with E-state index in [4.69, 9.17) is 16.1 Å². The number of hydrogen-bond acceptors (Lipinski definition) is 2. The Morgan fingerprint density at radius 1 is 0.952 bits per heavy atom. The second-order valence-electron chi connectivity index (χ2n) is 4.70. The minimum absolute atomic E-state index is 0.542. The molecule has 0 radical (unpaired) electrons. The third kappa shape index (κ3) is 3.34. The lowest BCUT2D eigenvalue weighted by atomic mass is 10.1. The maximum absolute atomic E-state index is 5.83. The van der Waals surface area contributed by atoms with E-state index in [1.807, 2.05) is 54.6 Å². The van der Waals surface area contributed by atoms with E-state index < -0.39 is 0 Å². The summed E-state index contributed by atoms with van der Waals surface area (Å²) in [5.74, 6) is 6.52. The van der Waals surface area contributed by atoms with Crippen molar-refractivity contribution in [3.05, 3.63) is 76.5 Å². The molecule has 0 N–H and O–H groups in total. The van der Waals surface area contributed by atoms with E-state index in [1.54, 1.807) is 0 Å². The van der Waals surface area contributed by atoms with E-state index in [9.17, 15) is 0 Å². The first-order valence-corrected chi connectivity index (χ1v) is 6.90. The molecule has 0 saturated carbocycles. The summed E-state index contributed by atoms with van der Waals surface area (Å²) in [5.41, 5.74) is 3.90. The standard InChI is InChI=1S/C18H12ClNO/c1-13-2-7-15(8-3-13)18-12-17(21-20-18)11-6-14-4-9-16(19)10-5-14/h2-5,7-10,12H,1H3. The number of rotatable bonds is 1. The molecule has 3 aromatic rings. The number of hydrogen-bond donors (Lipinski definition) is 0. The SMILES string of the molecule is Cc1ccc(-c2cc(C#Cc3ccc(Cl)cc3)on2)cc1. The number of benzene rings is 2. The molecule has 0 unspecified atom stereocenters. The molecule has 3 heteroatoms. The van der Waals surface area contributed by atoms with Gasteiger partial charge in [0.2, 0.25) is 5.76 Å². The van der Waals surface area contributed by atoms with Crippen LogP contribution >= 0.6 is 11.6 Å². The molecular formula is C18H12ClNO. The molecule has 102 valence electrons. The maximum Gasteiger partial charge on any atom is 0.210 e. The Balaban J connectivity index is 1.82. The first kappa shape index (κ1) is 13.5. The van der Waals surface area contributed by atoms with Crippen molar-refractivity contribution in [2.24, 2.45) is 0 Å². The normalized spacial score (nSPS) is 10.0. The number of aryl methyl sites for hydroxylation is 1. The van der Waals surface area contributed by atoms with Crippen LogP contribution in [0, 0.1) is 18.8 Å². The van der Waals surface area contributed by atoms with Gasteiger partial charge in [-0.2, -0.15) is 0 Å². The maximum atomic E-state index is 5.83. The van der Waals surface area contributed by atoms with E-state index in [0.717, 1.165) is 16.8 Å². The Labute approximate surface area is 128 Å². The molecule has 0 aliphatic carbocycles. The van der Waals surface area contributed by atoms with Gasteiger partial charge in [0.05, 0.1) is 0 Å². The number of halogens is 1. The molecule has 0 aliphatic rings. The van der Waals surface area contributed by atoms with Gasteiger partial charge in [0.1, 0.15) is 5.69 Å². The van der Waals surface area contributed by atoms with Gasteiger partial charge in [-0.1, -0.05) is 52.5 Å². The molecule has 1 aromatic heterocycles. The van der Waals surface area contributed by atoms with Gasteiger partial charge in [0, 0.05) is 22.2 Å². The Hall–Kier alpha value is -2.50. The van der Waals surface area contributed by atoms with Gasteiger partial charge in [-0.3, -0.25) is 0 Å². The second kappa shape index (κ2) is 5.87. The fraction of sp³-hybridized carbons (Fsp3) is 0.0556. The zero-order chi connectivity index (χ0) is 14.7. The van der Waals surface area contributed by atoms with Crippen molar-refractivity contribution in [2.45, 2.75) is 6.92 Å². The van der Waals surface area contributed by atoms with Gasteiger partial charge in [0.25, 0.3) is 0 Å². The molecule has 0 spiro atoms. The van der Waals surface area contributed by atoms with Crippen molar-refractivity contribution in [3.63, 3.8) is 0 Å². The highest BCUT2D eigenvalue weighted by atomic mass is 35.5. The second-order valence-corrected chi connectivity index (χ2v) is 5.14. The van der Waals surface area contributed by atoms with Crippen LogP contribution in [-0.4, -0.2) is 5.16 Å². The Bertz CT molecular complexity index is 805. The Morgan fingerprint density at radius 2 is 1.67 bits per heavy atom. The van der Waals surface area contributed by atoms with Crippen LogP contribution in [0.5, 0.6) is 0 Å². The summed E-state index contributed by atoms with van der Waals surface area (Å²) in [6.07, 6.45) is 0. The van der Waals surface area contributed by atoms with Crippen LogP contribution < -0.4 is 0 Å². The Kier molecular flexibility index (Phi) is 3.77. The minimum atomic E-state index is 0.542. The van der Waals surface area contributed by atoms with Crippen molar-refractivity contribution >= 4 is 11.6 Å². The summed E-state index contributed by atoms with van der Waals surface area (Å²) < 4.78 is 5.25. The highest BCUT2D eigenvalue weighted by molar-refractivity contribution is 6.30. The highest BCUT2D eigenvalue weighted by Crippen LogP contribution is 2.19. The molecule has 2 aromatic carbocycles. The molecule has 0 saturated heterocycles. The van der Waals surface area contributed by atoms with Crippen LogP contribution in [0.15, 0.2) is 59.1 Å². The van der Waals surface area contributed by atoms with Crippen LogP contribution in [0.2, 0.25) is 5.02 Å². The van der Waals surface area contributed by atoms with Crippen molar-refractivity contribution in [1.82, 2.24) is 5.16 Å². The Morgan fingerprint density at radius 3 is 2.38 bits per heavy atom. The predicted octanol–water partition coefficient (Wildman–Crippen LogP) is 4.70. The molecule has 3 rings (SSSR count). The summed E-state index contributed by atoms with van der Waals surface area (Å²) in [4.78, 5) is 0.